The Morgan fingerprint density at radius 1 is 1.53 bits per heavy atom. The van der Waals surface area contributed by atoms with Crippen LogP contribution in [0.3, 0.4) is 0 Å². The molecule has 0 saturated carbocycles. The molecule has 0 amide bonds. The predicted molar refractivity (Wildman–Crippen MR) is 62.1 cm³/mol. The Hall–Kier alpha value is -0.450. The maximum absolute atomic E-state index is 13.5. The Kier molecular flexibility index (Phi) is 4.25. The summed E-state index contributed by atoms with van der Waals surface area (Å²) in [5.41, 5.74) is 5.69. The van der Waals surface area contributed by atoms with Crippen LogP contribution in [-0.2, 0) is 6.42 Å². The van der Waals surface area contributed by atoms with Crippen molar-refractivity contribution in [3.63, 3.8) is 0 Å². The second-order valence-corrected chi connectivity index (χ2v) is 5.00. The van der Waals surface area contributed by atoms with E-state index in [-0.39, 0.29) is 12.4 Å². The molecule has 3 N–H and O–H groups in total. The average Bonchev–Trinajstić information content (AvgIpc) is 2.22. The van der Waals surface area contributed by atoms with E-state index in [1.165, 1.54) is 6.07 Å². The van der Waals surface area contributed by atoms with Gasteiger partial charge in [0.2, 0.25) is 0 Å². The Morgan fingerprint density at radius 2 is 2.20 bits per heavy atom. The van der Waals surface area contributed by atoms with Crippen molar-refractivity contribution in [2.45, 2.75) is 13.3 Å². The number of halogens is 2. The van der Waals surface area contributed by atoms with Gasteiger partial charge in [-0.1, -0.05) is 28.9 Å². The number of hydrogen-bond acceptors (Lipinski definition) is 2. The first-order chi connectivity index (χ1) is 7.00. The molecule has 0 aromatic heterocycles. The van der Waals surface area contributed by atoms with Gasteiger partial charge in [-0.25, -0.2) is 4.39 Å². The molecule has 15 heavy (non-hydrogen) atoms. The smallest absolute Gasteiger partial charge is 0.127 e. The van der Waals surface area contributed by atoms with Crippen LogP contribution >= 0.6 is 15.9 Å². The minimum absolute atomic E-state index is 0.0427. The Labute approximate surface area is 97.4 Å². The first-order valence-electron chi connectivity index (χ1n) is 4.75. The minimum atomic E-state index is -0.450. The van der Waals surface area contributed by atoms with E-state index in [0.29, 0.717) is 23.0 Å². The van der Waals surface area contributed by atoms with E-state index < -0.39 is 5.41 Å². The highest BCUT2D eigenvalue weighted by atomic mass is 79.9. The Bertz CT molecular complexity index is 339. The second-order valence-electron chi connectivity index (χ2n) is 4.09. The summed E-state index contributed by atoms with van der Waals surface area (Å²) in [6, 6.07) is 4.92. The van der Waals surface area contributed by atoms with Crippen LogP contribution in [0.5, 0.6) is 0 Å². The van der Waals surface area contributed by atoms with Gasteiger partial charge in [-0.3, -0.25) is 0 Å². The first-order valence-corrected chi connectivity index (χ1v) is 5.55. The van der Waals surface area contributed by atoms with Gasteiger partial charge >= 0.3 is 0 Å². The number of nitrogens with two attached hydrogens (primary N) is 1. The van der Waals surface area contributed by atoms with E-state index in [4.69, 9.17) is 5.73 Å². The minimum Gasteiger partial charge on any atom is -0.396 e. The fourth-order valence-electron chi connectivity index (χ4n) is 1.32. The van der Waals surface area contributed by atoms with Crippen LogP contribution in [0.4, 0.5) is 4.39 Å². The maximum atomic E-state index is 13.5. The van der Waals surface area contributed by atoms with Gasteiger partial charge in [-0.15, -0.1) is 0 Å². The molecule has 0 spiro atoms. The maximum Gasteiger partial charge on any atom is 0.127 e. The molecule has 0 aliphatic rings. The van der Waals surface area contributed by atoms with Crippen molar-refractivity contribution < 1.29 is 9.50 Å². The lowest BCUT2D eigenvalue weighted by molar-refractivity contribution is 0.148. The van der Waals surface area contributed by atoms with E-state index in [9.17, 15) is 9.50 Å². The zero-order chi connectivity index (χ0) is 11.5. The summed E-state index contributed by atoms with van der Waals surface area (Å²) in [7, 11) is 0. The molecule has 0 aliphatic carbocycles. The molecule has 2 nitrogen and oxygen atoms in total. The van der Waals surface area contributed by atoms with Crippen LogP contribution in [0.2, 0.25) is 0 Å². The molecule has 84 valence electrons. The van der Waals surface area contributed by atoms with Crippen molar-refractivity contribution in [1.29, 1.82) is 0 Å². The van der Waals surface area contributed by atoms with Gasteiger partial charge in [-0.2, -0.15) is 0 Å². The Morgan fingerprint density at radius 3 is 2.67 bits per heavy atom. The van der Waals surface area contributed by atoms with Crippen LogP contribution in [0, 0.1) is 11.2 Å². The topological polar surface area (TPSA) is 46.2 Å². The van der Waals surface area contributed by atoms with Crippen molar-refractivity contribution in [3.8, 4) is 0 Å². The summed E-state index contributed by atoms with van der Waals surface area (Å²) in [5, 5.41) is 9.18. The molecule has 0 saturated heterocycles. The molecule has 0 radical (unpaired) electrons. The molecule has 1 atom stereocenters. The van der Waals surface area contributed by atoms with Gasteiger partial charge in [0.25, 0.3) is 0 Å². The fraction of sp³-hybridized carbons (Fsp3) is 0.455. The van der Waals surface area contributed by atoms with E-state index >= 15 is 0 Å². The summed E-state index contributed by atoms with van der Waals surface area (Å²) in [6.45, 7) is 2.13. The summed E-state index contributed by atoms with van der Waals surface area (Å²) in [4.78, 5) is 0. The van der Waals surface area contributed by atoms with E-state index in [0.717, 1.165) is 0 Å². The van der Waals surface area contributed by atoms with Crippen LogP contribution in [-0.4, -0.2) is 18.3 Å². The Balaban J connectivity index is 2.89. The average molecular weight is 276 g/mol. The summed E-state index contributed by atoms with van der Waals surface area (Å²) in [5.74, 6) is -0.266. The van der Waals surface area contributed by atoms with Gasteiger partial charge in [0, 0.05) is 23.0 Å². The third-order valence-corrected chi connectivity index (χ3v) is 3.00. The highest BCUT2D eigenvalue weighted by molar-refractivity contribution is 9.10. The normalized spacial score (nSPS) is 15.0. The third-order valence-electron chi connectivity index (χ3n) is 2.51. The van der Waals surface area contributed by atoms with Gasteiger partial charge in [0.1, 0.15) is 5.82 Å². The van der Waals surface area contributed by atoms with Crippen molar-refractivity contribution in [3.05, 3.63) is 34.1 Å². The quantitative estimate of drug-likeness (QED) is 0.884. The van der Waals surface area contributed by atoms with Crippen molar-refractivity contribution >= 4 is 15.9 Å². The second kappa shape index (κ2) is 5.05. The molecule has 4 heteroatoms. The summed E-state index contributed by atoms with van der Waals surface area (Å²) >= 11 is 3.20. The van der Waals surface area contributed by atoms with Crippen LogP contribution in [0.1, 0.15) is 12.5 Å². The zero-order valence-corrected chi connectivity index (χ0v) is 10.2. The number of aliphatic hydroxyl groups is 1. The molecule has 0 aliphatic heterocycles. The van der Waals surface area contributed by atoms with Crippen LogP contribution in [0.15, 0.2) is 22.7 Å². The van der Waals surface area contributed by atoms with E-state index in [2.05, 4.69) is 15.9 Å². The zero-order valence-electron chi connectivity index (χ0n) is 8.63. The molecule has 0 heterocycles. The monoisotopic (exact) mass is 275 g/mol. The fourth-order valence-corrected chi connectivity index (χ4v) is 1.65. The van der Waals surface area contributed by atoms with Gasteiger partial charge in [0.05, 0.1) is 0 Å². The lowest BCUT2D eigenvalue weighted by Crippen LogP contribution is -2.33. The highest BCUT2D eigenvalue weighted by Crippen LogP contribution is 2.24. The predicted octanol–water partition coefficient (Wildman–Crippen LogP) is 2.09. The van der Waals surface area contributed by atoms with Gasteiger partial charge < -0.3 is 10.8 Å². The van der Waals surface area contributed by atoms with Crippen LogP contribution in [0.25, 0.3) is 0 Å². The molecular formula is C11H15BrFNO. The van der Waals surface area contributed by atoms with Crippen LogP contribution < -0.4 is 5.73 Å². The summed E-state index contributed by atoms with van der Waals surface area (Å²) in [6.07, 6.45) is 0.444. The number of benzene rings is 1. The highest BCUT2D eigenvalue weighted by Gasteiger charge is 2.23. The lowest BCUT2D eigenvalue weighted by atomic mass is 9.84. The van der Waals surface area contributed by atoms with E-state index in [1.54, 1.807) is 12.1 Å². The van der Waals surface area contributed by atoms with E-state index in [1.807, 2.05) is 6.92 Å². The number of rotatable bonds is 4. The largest absolute Gasteiger partial charge is 0.396 e. The molecule has 1 unspecified atom stereocenters. The number of aliphatic hydroxyl groups excluding tert-OH is 1. The summed E-state index contributed by atoms with van der Waals surface area (Å²) < 4.78 is 14.2. The van der Waals surface area contributed by atoms with Crippen molar-refractivity contribution in [2.75, 3.05) is 13.2 Å². The molecule has 1 aromatic rings. The molecule has 0 bridgehead atoms. The molecule has 0 fully saturated rings. The molecule has 1 rings (SSSR count). The molecule has 1 aromatic carbocycles. The molecular weight excluding hydrogens is 261 g/mol. The lowest BCUT2D eigenvalue weighted by Gasteiger charge is -2.25. The van der Waals surface area contributed by atoms with Gasteiger partial charge in [0.15, 0.2) is 0 Å². The SMILES string of the molecule is CC(CN)(CO)Cc1ccc(Br)cc1F. The first kappa shape index (κ1) is 12.6. The standard InChI is InChI=1S/C11H15BrFNO/c1-11(6-14,7-15)5-8-2-3-9(12)4-10(8)13/h2-4,15H,5-7,14H2,1H3. The van der Waals surface area contributed by atoms with Crippen molar-refractivity contribution in [2.24, 2.45) is 11.1 Å². The van der Waals surface area contributed by atoms with Crippen molar-refractivity contribution in [1.82, 2.24) is 0 Å². The van der Waals surface area contributed by atoms with Gasteiger partial charge in [-0.05, 0) is 24.1 Å². The third kappa shape index (κ3) is 3.26. The number of hydrogen-bond donors (Lipinski definition) is 2.